The number of phenolic OH excluding ortho intramolecular Hbond substituents is 1. The predicted octanol–water partition coefficient (Wildman–Crippen LogP) is 1.37. The van der Waals surface area contributed by atoms with Crippen molar-refractivity contribution in [3.8, 4) is 5.75 Å². The van der Waals surface area contributed by atoms with Gasteiger partial charge >= 0.3 is 0 Å². The molecule has 0 radical (unpaired) electrons. The van der Waals surface area contributed by atoms with Crippen molar-refractivity contribution in [1.29, 1.82) is 0 Å². The summed E-state index contributed by atoms with van der Waals surface area (Å²) < 4.78 is 0. The molecule has 1 aromatic carbocycles. The molecular weight excluding hydrogens is 208 g/mol. The molecule has 0 spiro atoms. The van der Waals surface area contributed by atoms with E-state index in [1.54, 1.807) is 12.1 Å². The van der Waals surface area contributed by atoms with Crippen molar-refractivity contribution in [1.82, 2.24) is 0 Å². The van der Waals surface area contributed by atoms with E-state index in [1.807, 2.05) is 0 Å². The lowest BCUT2D eigenvalue weighted by Gasteiger charge is -2.10. The van der Waals surface area contributed by atoms with Gasteiger partial charge in [0.15, 0.2) is 0 Å². The third-order valence-electron chi connectivity index (χ3n) is 2.24. The first-order valence-corrected chi connectivity index (χ1v) is 4.58. The Labute approximate surface area is 91.1 Å². The van der Waals surface area contributed by atoms with E-state index in [0.717, 1.165) is 12.2 Å². The zero-order chi connectivity index (χ0) is 11.7. The number of carbonyl (C=O) groups is 2. The lowest BCUT2D eigenvalue weighted by atomic mass is 9.96. The zero-order valence-electron chi connectivity index (χ0n) is 8.18. The minimum Gasteiger partial charge on any atom is -0.508 e. The highest BCUT2D eigenvalue weighted by Crippen LogP contribution is 2.25. The van der Waals surface area contributed by atoms with Gasteiger partial charge in [0, 0.05) is 17.7 Å². The molecule has 0 aliphatic heterocycles. The summed E-state index contributed by atoms with van der Waals surface area (Å²) in [6, 6.07) is 5.97. The molecule has 4 heteroatoms. The van der Waals surface area contributed by atoms with Gasteiger partial charge in [0.1, 0.15) is 11.5 Å². The van der Waals surface area contributed by atoms with Crippen LogP contribution in [0.25, 0.3) is 5.57 Å². The van der Waals surface area contributed by atoms with Gasteiger partial charge in [-0.3, -0.25) is 9.59 Å². The van der Waals surface area contributed by atoms with E-state index in [9.17, 15) is 14.7 Å². The average molecular weight is 216 g/mol. The summed E-state index contributed by atoms with van der Waals surface area (Å²) in [4.78, 5) is 22.1. The molecule has 0 unspecified atom stereocenters. The van der Waals surface area contributed by atoms with Crippen LogP contribution in [-0.4, -0.2) is 21.8 Å². The Morgan fingerprint density at radius 3 is 2.00 bits per heavy atom. The molecule has 0 bridgehead atoms. The smallest absolute Gasteiger partial charge is 0.229 e. The van der Waals surface area contributed by atoms with Crippen LogP contribution in [0.4, 0.5) is 0 Å². The largest absolute Gasteiger partial charge is 0.508 e. The number of rotatable bonds is 1. The molecule has 2 N–H and O–H groups in total. The lowest BCUT2D eigenvalue weighted by Crippen LogP contribution is -2.14. The molecule has 1 aliphatic rings. The maximum Gasteiger partial charge on any atom is 0.229 e. The van der Waals surface area contributed by atoms with Crippen LogP contribution in [0.1, 0.15) is 5.56 Å². The SMILES string of the molecule is O=C1C=C(O)C(c2ccc(O)cc2)=CC1=O. The van der Waals surface area contributed by atoms with Crippen LogP contribution in [0.5, 0.6) is 5.75 Å². The summed E-state index contributed by atoms with van der Waals surface area (Å²) in [7, 11) is 0. The van der Waals surface area contributed by atoms with Crippen molar-refractivity contribution in [2.24, 2.45) is 0 Å². The van der Waals surface area contributed by atoms with Gasteiger partial charge in [-0.1, -0.05) is 12.1 Å². The Morgan fingerprint density at radius 1 is 0.812 bits per heavy atom. The van der Waals surface area contributed by atoms with E-state index in [0.29, 0.717) is 5.56 Å². The minimum atomic E-state index is -0.736. The van der Waals surface area contributed by atoms with Gasteiger partial charge in [0.05, 0.1) is 0 Å². The highest BCUT2D eigenvalue weighted by Gasteiger charge is 2.20. The van der Waals surface area contributed by atoms with Crippen LogP contribution in [0.3, 0.4) is 0 Å². The fourth-order valence-electron chi connectivity index (χ4n) is 1.42. The number of allylic oxidation sites excluding steroid dienone is 3. The first kappa shape index (κ1) is 10.2. The van der Waals surface area contributed by atoms with E-state index < -0.39 is 11.6 Å². The van der Waals surface area contributed by atoms with E-state index in [2.05, 4.69) is 0 Å². The number of aliphatic hydroxyl groups is 1. The molecule has 16 heavy (non-hydrogen) atoms. The van der Waals surface area contributed by atoms with Gasteiger partial charge in [0.25, 0.3) is 0 Å². The normalized spacial score (nSPS) is 15.8. The molecule has 1 aromatic rings. The number of hydrogen-bond donors (Lipinski definition) is 2. The third kappa shape index (κ3) is 1.72. The van der Waals surface area contributed by atoms with Crippen molar-refractivity contribution >= 4 is 17.1 Å². The first-order valence-electron chi connectivity index (χ1n) is 4.58. The Hall–Kier alpha value is -2.36. The van der Waals surface area contributed by atoms with Gasteiger partial charge in [-0.2, -0.15) is 0 Å². The molecular formula is C12H8O4. The quantitative estimate of drug-likeness (QED) is 0.549. The number of ketones is 2. The maximum absolute atomic E-state index is 11.2. The molecule has 0 saturated heterocycles. The second-order valence-corrected chi connectivity index (χ2v) is 3.36. The summed E-state index contributed by atoms with van der Waals surface area (Å²) in [5.41, 5.74) is 0.844. The fraction of sp³-hybridized carbons (Fsp3) is 0. The van der Waals surface area contributed by atoms with Crippen LogP contribution in [0.15, 0.2) is 42.2 Å². The summed E-state index contributed by atoms with van der Waals surface area (Å²) in [6.07, 6.45) is 1.98. The van der Waals surface area contributed by atoms with Gasteiger partial charge in [-0.25, -0.2) is 0 Å². The summed E-state index contributed by atoms with van der Waals surface area (Å²) in [5, 5.41) is 18.6. The van der Waals surface area contributed by atoms with Gasteiger partial charge in [-0.15, -0.1) is 0 Å². The van der Waals surface area contributed by atoms with Crippen molar-refractivity contribution in [3.05, 3.63) is 47.7 Å². The summed E-state index contributed by atoms with van der Waals surface area (Å²) in [5.74, 6) is -1.55. The molecule has 2 rings (SSSR count). The Bertz CT molecular complexity index is 520. The van der Waals surface area contributed by atoms with E-state index in [1.165, 1.54) is 12.1 Å². The number of aromatic hydroxyl groups is 1. The standard InChI is InChI=1S/C12H8O4/c13-8-3-1-7(2-4-8)9-5-11(15)12(16)6-10(9)14/h1-6,13-14H. The number of carbonyl (C=O) groups excluding carboxylic acids is 2. The highest BCUT2D eigenvalue weighted by molar-refractivity contribution is 6.48. The molecule has 0 heterocycles. The number of benzene rings is 1. The highest BCUT2D eigenvalue weighted by atomic mass is 16.3. The van der Waals surface area contributed by atoms with Gasteiger partial charge in [0.2, 0.25) is 11.6 Å². The average Bonchev–Trinajstić information content (AvgIpc) is 2.25. The van der Waals surface area contributed by atoms with Crippen LogP contribution in [0, 0.1) is 0 Å². The van der Waals surface area contributed by atoms with Crippen LogP contribution < -0.4 is 0 Å². The van der Waals surface area contributed by atoms with Gasteiger partial charge in [-0.05, 0) is 17.7 Å². The molecule has 4 nitrogen and oxygen atoms in total. The zero-order valence-corrected chi connectivity index (χ0v) is 8.18. The van der Waals surface area contributed by atoms with E-state index in [4.69, 9.17) is 5.11 Å². The topological polar surface area (TPSA) is 74.6 Å². The minimum absolute atomic E-state index is 0.0889. The first-order chi connectivity index (χ1) is 7.58. The fourth-order valence-corrected chi connectivity index (χ4v) is 1.42. The van der Waals surface area contributed by atoms with Crippen molar-refractivity contribution < 1.29 is 19.8 Å². The molecule has 0 fully saturated rings. The third-order valence-corrected chi connectivity index (χ3v) is 2.24. The molecule has 0 amide bonds. The van der Waals surface area contributed by atoms with Crippen molar-refractivity contribution in [3.63, 3.8) is 0 Å². The number of hydrogen-bond acceptors (Lipinski definition) is 4. The van der Waals surface area contributed by atoms with Crippen molar-refractivity contribution in [2.45, 2.75) is 0 Å². The Balaban J connectivity index is 2.45. The Morgan fingerprint density at radius 2 is 1.38 bits per heavy atom. The van der Waals surface area contributed by atoms with E-state index >= 15 is 0 Å². The number of phenols is 1. The molecule has 0 aromatic heterocycles. The van der Waals surface area contributed by atoms with Crippen molar-refractivity contribution in [2.75, 3.05) is 0 Å². The van der Waals surface area contributed by atoms with Gasteiger partial charge < -0.3 is 10.2 Å². The molecule has 0 saturated carbocycles. The molecule has 80 valence electrons. The van der Waals surface area contributed by atoms with Crippen LogP contribution in [-0.2, 0) is 9.59 Å². The Kier molecular flexibility index (Phi) is 2.32. The molecule has 0 atom stereocenters. The second kappa shape index (κ2) is 3.66. The summed E-state index contributed by atoms with van der Waals surface area (Å²) in [6.45, 7) is 0. The monoisotopic (exact) mass is 216 g/mol. The van der Waals surface area contributed by atoms with Crippen LogP contribution >= 0.6 is 0 Å². The summed E-state index contributed by atoms with van der Waals surface area (Å²) >= 11 is 0. The number of aliphatic hydroxyl groups excluding tert-OH is 1. The lowest BCUT2D eigenvalue weighted by molar-refractivity contribution is -0.131. The second-order valence-electron chi connectivity index (χ2n) is 3.36. The maximum atomic E-state index is 11.2. The molecule has 1 aliphatic carbocycles. The van der Waals surface area contributed by atoms with E-state index in [-0.39, 0.29) is 17.1 Å². The predicted molar refractivity (Wildman–Crippen MR) is 56.8 cm³/mol. The van der Waals surface area contributed by atoms with Crippen LogP contribution in [0.2, 0.25) is 0 Å².